The van der Waals surface area contributed by atoms with Crippen LogP contribution in [0.15, 0.2) is 35.5 Å². The topological polar surface area (TPSA) is 222 Å². The highest BCUT2D eigenvalue weighted by molar-refractivity contribution is 7.80. The number of nitrogens with two attached hydrogens (primary N) is 3. The van der Waals surface area contributed by atoms with Crippen molar-refractivity contribution >= 4 is 53.2 Å². The summed E-state index contributed by atoms with van der Waals surface area (Å²) < 4.78 is 0. The van der Waals surface area contributed by atoms with E-state index in [1.54, 1.807) is 6.20 Å². The fourth-order valence-electron chi connectivity index (χ4n) is 4.61. The van der Waals surface area contributed by atoms with Gasteiger partial charge in [0.05, 0.1) is 6.04 Å². The molecule has 3 rings (SSSR count). The summed E-state index contributed by atoms with van der Waals surface area (Å²) in [5.41, 5.74) is 18.1. The minimum absolute atomic E-state index is 0.00551. The molecule has 1 fully saturated rings. The van der Waals surface area contributed by atoms with Crippen LogP contribution < -0.4 is 27.8 Å². The number of likely N-dealkylation sites (tertiary alicyclic amines) is 1. The van der Waals surface area contributed by atoms with Gasteiger partial charge in [0.15, 0.2) is 5.96 Å². The zero-order valence-corrected chi connectivity index (χ0v) is 22.4. The van der Waals surface area contributed by atoms with E-state index >= 15 is 0 Å². The lowest BCUT2D eigenvalue weighted by Gasteiger charge is -2.29. The average Bonchev–Trinajstić information content (AvgIpc) is 3.56. The summed E-state index contributed by atoms with van der Waals surface area (Å²) in [6, 6.07) is 3.54. The van der Waals surface area contributed by atoms with Crippen molar-refractivity contribution < 1.29 is 24.3 Å². The first kappa shape index (κ1) is 29.8. The molecule has 1 aliphatic rings. The van der Waals surface area contributed by atoms with Crippen LogP contribution in [0.3, 0.4) is 0 Å². The smallest absolute Gasteiger partial charge is 0.326 e. The molecule has 3 amide bonds. The number of benzene rings is 1. The summed E-state index contributed by atoms with van der Waals surface area (Å²) in [5.74, 6) is -2.81. The van der Waals surface area contributed by atoms with Crippen molar-refractivity contribution in [2.75, 3.05) is 18.8 Å². The van der Waals surface area contributed by atoms with Gasteiger partial charge < -0.3 is 42.8 Å². The summed E-state index contributed by atoms with van der Waals surface area (Å²) in [7, 11) is 0. The third-order valence-corrected chi connectivity index (χ3v) is 7.02. The van der Waals surface area contributed by atoms with Crippen molar-refractivity contribution in [3.8, 4) is 0 Å². The van der Waals surface area contributed by atoms with Crippen LogP contribution in [0.1, 0.15) is 31.2 Å². The van der Waals surface area contributed by atoms with E-state index in [4.69, 9.17) is 17.2 Å². The lowest BCUT2D eigenvalue weighted by Crippen LogP contribution is -2.57. The van der Waals surface area contributed by atoms with Crippen LogP contribution in [-0.4, -0.2) is 87.7 Å². The van der Waals surface area contributed by atoms with Crippen molar-refractivity contribution in [2.45, 2.75) is 56.3 Å². The molecule has 2 aromatic rings. The maximum Gasteiger partial charge on any atom is 0.326 e. The second kappa shape index (κ2) is 13.8. The van der Waals surface area contributed by atoms with Gasteiger partial charge in [0.2, 0.25) is 17.7 Å². The molecule has 2 heterocycles. The third kappa shape index (κ3) is 7.86. The first-order valence-electron chi connectivity index (χ1n) is 12.7. The third-order valence-electron chi connectivity index (χ3n) is 6.65. The van der Waals surface area contributed by atoms with Gasteiger partial charge in [-0.3, -0.25) is 19.4 Å². The Balaban J connectivity index is 1.61. The van der Waals surface area contributed by atoms with E-state index in [1.165, 1.54) is 4.90 Å². The molecule has 39 heavy (non-hydrogen) atoms. The van der Waals surface area contributed by atoms with E-state index in [0.29, 0.717) is 38.8 Å². The van der Waals surface area contributed by atoms with Gasteiger partial charge in [-0.2, -0.15) is 12.6 Å². The Kier molecular flexibility index (Phi) is 10.6. The highest BCUT2D eigenvalue weighted by Gasteiger charge is 2.39. The van der Waals surface area contributed by atoms with Gasteiger partial charge in [-0.1, -0.05) is 18.2 Å². The molecule has 0 radical (unpaired) electrons. The average molecular weight is 561 g/mol. The van der Waals surface area contributed by atoms with Crippen molar-refractivity contribution in [3.05, 3.63) is 36.0 Å². The molecular weight excluding hydrogens is 524 g/mol. The summed E-state index contributed by atoms with van der Waals surface area (Å²) in [6.45, 7) is 0.613. The Morgan fingerprint density at radius 2 is 1.92 bits per heavy atom. The predicted octanol–water partition coefficient (Wildman–Crippen LogP) is -0.934. The van der Waals surface area contributed by atoms with Gasteiger partial charge in [0.1, 0.15) is 18.1 Å². The zero-order chi connectivity index (χ0) is 28.5. The van der Waals surface area contributed by atoms with Gasteiger partial charge >= 0.3 is 5.97 Å². The molecule has 4 unspecified atom stereocenters. The van der Waals surface area contributed by atoms with Crippen LogP contribution >= 0.6 is 12.6 Å². The first-order valence-corrected chi connectivity index (χ1v) is 13.4. The lowest BCUT2D eigenvalue weighted by atomic mass is 10.0. The Labute approximate surface area is 231 Å². The number of amides is 3. The number of nitrogens with one attached hydrogen (secondary N) is 3. The molecule has 10 N–H and O–H groups in total. The van der Waals surface area contributed by atoms with Gasteiger partial charge in [-0.05, 0) is 37.3 Å². The number of thiol groups is 1. The minimum Gasteiger partial charge on any atom is -0.480 e. The second-order valence-corrected chi connectivity index (χ2v) is 9.82. The molecule has 0 bridgehead atoms. The largest absolute Gasteiger partial charge is 0.480 e. The fourth-order valence-corrected chi connectivity index (χ4v) is 4.85. The zero-order valence-electron chi connectivity index (χ0n) is 21.5. The maximum atomic E-state index is 13.3. The summed E-state index contributed by atoms with van der Waals surface area (Å²) >= 11 is 4.21. The number of hydrogen-bond donors (Lipinski definition) is 8. The molecule has 13 nitrogen and oxygen atoms in total. The SMILES string of the molecule is NC(N)=NCCCC(N)C(=O)NC(CS)C(=O)N1CCCC1C(=O)NC(Cc1c[nH]c2ccccc12)C(=O)O. The van der Waals surface area contributed by atoms with Crippen LogP contribution in [-0.2, 0) is 25.6 Å². The van der Waals surface area contributed by atoms with Gasteiger partial charge in [-0.15, -0.1) is 0 Å². The maximum absolute atomic E-state index is 13.3. The van der Waals surface area contributed by atoms with Crippen molar-refractivity contribution in [3.63, 3.8) is 0 Å². The number of aromatic nitrogens is 1. The number of aliphatic carboxylic acids is 1. The number of aromatic amines is 1. The number of fused-ring (bicyclic) bond motifs is 1. The Hall–Kier alpha value is -3.78. The number of carboxylic acids is 1. The Morgan fingerprint density at radius 3 is 2.62 bits per heavy atom. The highest BCUT2D eigenvalue weighted by atomic mass is 32.1. The molecule has 0 aliphatic carbocycles. The molecule has 4 atom stereocenters. The lowest BCUT2D eigenvalue weighted by molar-refractivity contribution is -0.144. The van der Waals surface area contributed by atoms with Crippen molar-refractivity contribution in [1.82, 2.24) is 20.5 Å². The fraction of sp³-hybridized carbons (Fsp3) is 0.480. The number of guanidine groups is 1. The van der Waals surface area contributed by atoms with Gasteiger partial charge in [0, 0.05) is 42.4 Å². The van der Waals surface area contributed by atoms with Crippen molar-refractivity contribution in [1.29, 1.82) is 0 Å². The van der Waals surface area contributed by atoms with E-state index in [2.05, 4.69) is 33.2 Å². The monoisotopic (exact) mass is 560 g/mol. The molecule has 1 aromatic heterocycles. The summed E-state index contributed by atoms with van der Waals surface area (Å²) in [6.07, 6.45) is 3.50. The number of H-pyrrole nitrogens is 1. The van der Waals surface area contributed by atoms with Gasteiger partial charge in [-0.25, -0.2) is 4.79 Å². The molecule has 1 aliphatic heterocycles. The molecule has 0 saturated carbocycles. The number of hydrogen-bond acceptors (Lipinski definition) is 7. The number of carboxylic acid groups (broad SMARTS) is 1. The Bertz CT molecular complexity index is 1210. The summed E-state index contributed by atoms with van der Waals surface area (Å²) in [5, 5.41) is 15.9. The molecule has 1 saturated heterocycles. The Morgan fingerprint density at radius 1 is 1.18 bits per heavy atom. The quantitative estimate of drug-likeness (QED) is 0.0659. The number of aliphatic imine (C=N–C) groups is 1. The first-order chi connectivity index (χ1) is 18.6. The standard InChI is InChI=1S/C25H36N8O5S/c26-16(6-3-9-29-25(27)28)21(34)32-19(13-39)23(36)33-10-4-8-20(33)22(35)31-18(24(37)38)11-14-12-30-17-7-2-1-5-15(14)17/h1-2,5,7,12,16,18-20,30,39H,3-4,6,8-11,13,26H2,(H,31,35)(H,32,34)(H,37,38)(H4,27,28,29). The van der Waals surface area contributed by atoms with Crippen LogP contribution in [0, 0.1) is 0 Å². The second-order valence-electron chi connectivity index (χ2n) is 9.45. The number of carbonyl (C=O) groups is 4. The number of para-hydroxylation sites is 1. The van der Waals surface area contributed by atoms with Crippen LogP contribution in [0.2, 0.25) is 0 Å². The van der Waals surface area contributed by atoms with Crippen LogP contribution in [0.4, 0.5) is 0 Å². The number of nitrogens with zero attached hydrogens (tertiary/aromatic N) is 2. The van der Waals surface area contributed by atoms with Crippen LogP contribution in [0.25, 0.3) is 10.9 Å². The van der Waals surface area contributed by atoms with E-state index in [1.807, 2.05) is 24.3 Å². The molecule has 212 valence electrons. The van der Waals surface area contributed by atoms with E-state index in [-0.39, 0.29) is 18.1 Å². The van der Waals surface area contributed by atoms with E-state index in [9.17, 15) is 24.3 Å². The number of rotatable bonds is 13. The number of carbonyl (C=O) groups excluding carboxylic acids is 3. The van der Waals surface area contributed by atoms with Crippen molar-refractivity contribution in [2.24, 2.45) is 22.2 Å². The molecular formula is C25H36N8O5S. The normalized spacial score (nSPS) is 17.3. The summed E-state index contributed by atoms with van der Waals surface area (Å²) in [4.78, 5) is 59.3. The predicted molar refractivity (Wildman–Crippen MR) is 150 cm³/mol. The molecule has 14 heteroatoms. The molecule has 0 spiro atoms. The van der Waals surface area contributed by atoms with Crippen LogP contribution in [0.5, 0.6) is 0 Å². The van der Waals surface area contributed by atoms with E-state index < -0.39 is 47.9 Å². The van der Waals surface area contributed by atoms with Gasteiger partial charge in [0.25, 0.3) is 0 Å². The minimum atomic E-state index is -1.19. The van der Waals surface area contributed by atoms with E-state index in [0.717, 1.165) is 16.5 Å². The highest BCUT2D eigenvalue weighted by Crippen LogP contribution is 2.21. The molecule has 1 aromatic carbocycles.